The second kappa shape index (κ2) is 11.4. The third-order valence-electron chi connectivity index (χ3n) is 10.8. The zero-order valence-corrected chi connectivity index (χ0v) is 29.3. The molecule has 1 aliphatic rings. The molecule has 0 aliphatic heterocycles. The van der Waals surface area contributed by atoms with Gasteiger partial charge in [-0.3, -0.25) is 4.99 Å². The normalized spacial score (nSPS) is 14.9. The minimum Gasteiger partial charge on any atom is -0.309 e. The Kier molecular flexibility index (Phi) is 6.69. The van der Waals surface area contributed by atoms with Gasteiger partial charge in [0.1, 0.15) is 6.17 Å². The monoisotopic (exact) mass is 673 g/mol. The lowest BCUT2D eigenvalue weighted by Crippen LogP contribution is -2.25. The van der Waals surface area contributed by atoms with Crippen LogP contribution in [0.15, 0.2) is 162 Å². The number of hydrogen-bond acceptors (Lipinski definition) is 3. The number of rotatable bonds is 5. The van der Waals surface area contributed by atoms with Crippen LogP contribution >= 0.6 is 11.3 Å². The van der Waals surface area contributed by atoms with Crippen molar-refractivity contribution in [2.24, 2.45) is 10.7 Å². The molecule has 10 rings (SSSR count). The van der Waals surface area contributed by atoms with E-state index in [9.17, 15) is 0 Å². The second-order valence-corrected chi connectivity index (χ2v) is 15.2. The third kappa shape index (κ3) is 4.71. The highest BCUT2D eigenvalue weighted by molar-refractivity contribution is 7.25. The molecular weight excluding hydrogens is 639 g/mol. The molecule has 0 fully saturated rings. The molecule has 2 N–H and O–H groups in total. The van der Waals surface area contributed by atoms with E-state index < -0.39 is 6.17 Å². The van der Waals surface area contributed by atoms with Gasteiger partial charge in [0, 0.05) is 47.6 Å². The van der Waals surface area contributed by atoms with Crippen LogP contribution in [0.2, 0.25) is 0 Å². The maximum absolute atomic E-state index is 7.06. The Hall–Kier alpha value is -5.81. The molecular formula is C47H35N3S. The fourth-order valence-electron chi connectivity index (χ4n) is 8.18. The lowest BCUT2D eigenvalue weighted by molar-refractivity contribution is 0.659. The highest BCUT2D eigenvalue weighted by Crippen LogP contribution is 2.44. The summed E-state index contributed by atoms with van der Waals surface area (Å²) in [4.78, 5) is 5.40. The Morgan fingerprint density at radius 2 is 1.31 bits per heavy atom. The number of benzene rings is 7. The molecule has 0 saturated carbocycles. The molecule has 244 valence electrons. The molecule has 0 saturated heterocycles. The zero-order valence-electron chi connectivity index (χ0n) is 28.5. The number of nitrogens with zero attached hydrogens (tertiary/aromatic N) is 2. The molecule has 1 aliphatic carbocycles. The highest BCUT2D eigenvalue weighted by atomic mass is 32.1. The SMILES string of the molecule is CC1(C)C(C(=NC(N)c2ccc3sc4ccccc4c3c2)c2ccc(-n3c4ccccc4c4cc5ccccc5cc43)cc2)=Cc2ccccc21. The summed E-state index contributed by atoms with van der Waals surface area (Å²) < 4.78 is 4.94. The van der Waals surface area contributed by atoms with Gasteiger partial charge >= 0.3 is 0 Å². The van der Waals surface area contributed by atoms with E-state index >= 15 is 0 Å². The van der Waals surface area contributed by atoms with Crippen LogP contribution < -0.4 is 5.73 Å². The Morgan fingerprint density at radius 3 is 2.14 bits per heavy atom. The van der Waals surface area contributed by atoms with Crippen molar-refractivity contribution in [2.75, 3.05) is 0 Å². The molecule has 7 aromatic carbocycles. The molecule has 1 unspecified atom stereocenters. The standard InChI is InChI=1S/C47H35N3S/c1-47(2)39-16-8-5-13-32(39)27-40(47)45(49-46(48)33-21-24-44-38(26-33)36-15-7-10-18-43(36)51-44)29-19-22-34(23-20-29)50-41-17-9-6-14-35(41)37-25-30-11-3-4-12-31(30)28-42(37)50/h3-28,46H,48H2,1-2H3. The van der Waals surface area contributed by atoms with Gasteiger partial charge in [-0.05, 0) is 87.6 Å². The molecule has 2 aromatic heterocycles. The van der Waals surface area contributed by atoms with Gasteiger partial charge in [-0.1, -0.05) is 117 Å². The number of para-hydroxylation sites is 1. The summed E-state index contributed by atoms with van der Waals surface area (Å²) in [6.45, 7) is 4.60. The summed E-state index contributed by atoms with van der Waals surface area (Å²) in [5, 5.41) is 7.49. The van der Waals surface area contributed by atoms with Gasteiger partial charge in [-0.2, -0.15) is 0 Å². The van der Waals surface area contributed by atoms with Crippen molar-refractivity contribution in [1.29, 1.82) is 0 Å². The van der Waals surface area contributed by atoms with E-state index in [1.807, 2.05) is 11.3 Å². The fraction of sp³-hybridized carbons (Fsp3) is 0.0851. The van der Waals surface area contributed by atoms with Crippen LogP contribution in [0.4, 0.5) is 0 Å². The number of nitrogens with two attached hydrogens (primary N) is 1. The molecule has 51 heavy (non-hydrogen) atoms. The van der Waals surface area contributed by atoms with Crippen molar-refractivity contribution in [3.05, 3.63) is 179 Å². The Labute approximate surface area is 300 Å². The van der Waals surface area contributed by atoms with E-state index in [-0.39, 0.29) is 5.41 Å². The summed E-state index contributed by atoms with van der Waals surface area (Å²) in [5.74, 6) is 0. The summed E-state index contributed by atoms with van der Waals surface area (Å²) in [7, 11) is 0. The van der Waals surface area contributed by atoms with Crippen LogP contribution in [0.1, 0.15) is 42.3 Å². The van der Waals surface area contributed by atoms with Gasteiger partial charge in [0.05, 0.1) is 16.7 Å². The van der Waals surface area contributed by atoms with Crippen molar-refractivity contribution in [2.45, 2.75) is 25.4 Å². The van der Waals surface area contributed by atoms with Crippen molar-refractivity contribution < 1.29 is 0 Å². The Balaban J connectivity index is 1.12. The number of fused-ring (bicyclic) bond motifs is 8. The Bertz CT molecular complexity index is 2900. The molecule has 0 bridgehead atoms. The average molecular weight is 674 g/mol. The molecule has 0 amide bonds. The van der Waals surface area contributed by atoms with Crippen LogP contribution in [0.3, 0.4) is 0 Å². The third-order valence-corrected chi connectivity index (χ3v) is 12.0. The van der Waals surface area contributed by atoms with Crippen LogP contribution in [0, 0.1) is 0 Å². The number of aliphatic imine (C=N–C) groups is 1. The lowest BCUT2D eigenvalue weighted by Gasteiger charge is -2.27. The summed E-state index contributed by atoms with van der Waals surface area (Å²) in [6, 6.07) is 54.7. The topological polar surface area (TPSA) is 43.3 Å². The van der Waals surface area contributed by atoms with Crippen LogP contribution in [-0.2, 0) is 5.41 Å². The largest absolute Gasteiger partial charge is 0.309 e. The van der Waals surface area contributed by atoms with Gasteiger partial charge in [-0.15, -0.1) is 11.3 Å². The molecule has 9 aromatic rings. The molecule has 0 spiro atoms. The van der Waals surface area contributed by atoms with Crippen LogP contribution in [0.25, 0.3) is 64.5 Å². The van der Waals surface area contributed by atoms with Gasteiger partial charge in [0.2, 0.25) is 0 Å². The summed E-state index contributed by atoms with van der Waals surface area (Å²) in [6.07, 6.45) is 1.77. The average Bonchev–Trinajstić information content (AvgIpc) is 3.79. The maximum Gasteiger partial charge on any atom is 0.123 e. The van der Waals surface area contributed by atoms with Crippen LogP contribution in [-0.4, -0.2) is 10.3 Å². The molecule has 0 radical (unpaired) electrons. The first-order valence-electron chi connectivity index (χ1n) is 17.5. The summed E-state index contributed by atoms with van der Waals surface area (Å²) >= 11 is 1.82. The van der Waals surface area contributed by atoms with Crippen LogP contribution in [0.5, 0.6) is 0 Å². The minimum absolute atomic E-state index is 0.241. The first kappa shape index (κ1) is 30.1. The van der Waals surface area contributed by atoms with Gasteiger partial charge in [-0.25, -0.2) is 0 Å². The van der Waals surface area contributed by atoms with Gasteiger partial charge < -0.3 is 10.3 Å². The molecule has 4 heteroatoms. The van der Waals surface area contributed by atoms with Crippen molar-refractivity contribution in [1.82, 2.24) is 4.57 Å². The van der Waals surface area contributed by atoms with E-state index in [4.69, 9.17) is 10.7 Å². The van der Waals surface area contributed by atoms with Crippen molar-refractivity contribution >= 4 is 75.9 Å². The predicted octanol–water partition coefficient (Wildman–Crippen LogP) is 12.1. The second-order valence-electron chi connectivity index (χ2n) is 14.2. The number of thiophene rings is 1. The van der Waals surface area contributed by atoms with Crippen molar-refractivity contribution in [3.63, 3.8) is 0 Å². The van der Waals surface area contributed by atoms with Gasteiger partial charge in [0.25, 0.3) is 0 Å². The van der Waals surface area contributed by atoms with E-state index in [0.717, 1.165) is 22.5 Å². The number of hydrogen-bond donors (Lipinski definition) is 1. The van der Waals surface area contributed by atoms with E-state index in [1.165, 1.54) is 69.5 Å². The zero-order chi connectivity index (χ0) is 34.3. The quantitative estimate of drug-likeness (QED) is 0.182. The predicted molar refractivity (Wildman–Crippen MR) is 219 cm³/mol. The number of aromatic nitrogens is 1. The van der Waals surface area contributed by atoms with E-state index in [2.05, 4.69) is 176 Å². The van der Waals surface area contributed by atoms with Gasteiger partial charge in [0.15, 0.2) is 0 Å². The smallest absolute Gasteiger partial charge is 0.123 e. The minimum atomic E-state index is -0.534. The molecule has 3 nitrogen and oxygen atoms in total. The van der Waals surface area contributed by atoms with E-state index in [0.29, 0.717) is 0 Å². The van der Waals surface area contributed by atoms with Crippen molar-refractivity contribution in [3.8, 4) is 5.69 Å². The lowest BCUT2D eigenvalue weighted by atomic mass is 9.78. The molecule has 2 heterocycles. The molecule has 1 atom stereocenters. The first-order valence-corrected chi connectivity index (χ1v) is 18.4. The Morgan fingerprint density at radius 1 is 0.627 bits per heavy atom. The summed E-state index contributed by atoms with van der Waals surface area (Å²) in [5.41, 5.74) is 17.0. The van der Waals surface area contributed by atoms with E-state index in [1.54, 1.807) is 0 Å². The highest BCUT2D eigenvalue weighted by Gasteiger charge is 2.36. The number of allylic oxidation sites excluding steroid dienone is 1. The first-order chi connectivity index (χ1) is 24.9. The fourth-order valence-corrected chi connectivity index (χ4v) is 9.27. The maximum atomic E-state index is 7.06.